The summed E-state index contributed by atoms with van der Waals surface area (Å²) in [6.45, 7) is 2.18. The number of aromatic amines is 1. The Kier molecular flexibility index (Phi) is 3.84. The van der Waals surface area contributed by atoms with Gasteiger partial charge in [0.25, 0.3) is 11.5 Å². The van der Waals surface area contributed by atoms with E-state index in [0.717, 1.165) is 19.3 Å². The molecule has 2 atom stereocenters. The molecule has 1 amide bonds. The maximum Gasteiger partial charge on any atom is 0.260 e. The van der Waals surface area contributed by atoms with Crippen LogP contribution in [0.1, 0.15) is 43.0 Å². The maximum atomic E-state index is 12.3. The van der Waals surface area contributed by atoms with E-state index in [1.165, 1.54) is 6.42 Å². The number of hydrogen-bond donors (Lipinski definition) is 1. The summed E-state index contributed by atoms with van der Waals surface area (Å²) in [7, 11) is 1.81. The van der Waals surface area contributed by atoms with E-state index in [4.69, 9.17) is 0 Å². The van der Waals surface area contributed by atoms with Crippen LogP contribution in [0.5, 0.6) is 0 Å². The van der Waals surface area contributed by atoms with Crippen molar-refractivity contribution in [2.24, 2.45) is 5.92 Å². The fraction of sp³-hybridized carbons (Fsp3) is 0.571. The quantitative estimate of drug-likeness (QED) is 0.870. The van der Waals surface area contributed by atoms with Crippen molar-refractivity contribution in [2.75, 3.05) is 7.05 Å². The molecule has 1 saturated carbocycles. The number of nitrogens with zero attached hydrogens (tertiary/aromatic N) is 1. The van der Waals surface area contributed by atoms with Crippen molar-refractivity contribution in [3.05, 3.63) is 34.2 Å². The third-order valence-corrected chi connectivity index (χ3v) is 3.93. The molecule has 0 spiro atoms. The first-order chi connectivity index (χ1) is 8.61. The molecule has 98 valence electrons. The van der Waals surface area contributed by atoms with Crippen LogP contribution in [0.4, 0.5) is 0 Å². The van der Waals surface area contributed by atoms with E-state index in [0.29, 0.717) is 5.92 Å². The summed E-state index contributed by atoms with van der Waals surface area (Å²) in [6.07, 6.45) is 6.15. The second-order valence-corrected chi connectivity index (χ2v) is 5.16. The summed E-state index contributed by atoms with van der Waals surface area (Å²) in [6, 6.07) is 3.53. The minimum absolute atomic E-state index is 0.171. The number of aromatic nitrogens is 1. The molecule has 1 N–H and O–H groups in total. The first kappa shape index (κ1) is 12.9. The Labute approximate surface area is 107 Å². The summed E-state index contributed by atoms with van der Waals surface area (Å²) < 4.78 is 0. The molecule has 0 bridgehead atoms. The average Bonchev–Trinajstić information content (AvgIpc) is 2.38. The van der Waals surface area contributed by atoms with E-state index < -0.39 is 0 Å². The Hall–Kier alpha value is -1.58. The number of hydrogen-bond acceptors (Lipinski definition) is 2. The van der Waals surface area contributed by atoms with Gasteiger partial charge in [-0.25, -0.2) is 0 Å². The highest BCUT2D eigenvalue weighted by molar-refractivity contribution is 5.93. The van der Waals surface area contributed by atoms with Crippen LogP contribution in [-0.2, 0) is 0 Å². The molecule has 1 aromatic rings. The van der Waals surface area contributed by atoms with Crippen molar-refractivity contribution in [3.8, 4) is 0 Å². The number of carbonyl (C=O) groups excluding carboxylic acids is 1. The minimum atomic E-state index is -0.308. The molecule has 2 rings (SSSR count). The topological polar surface area (TPSA) is 53.2 Å². The van der Waals surface area contributed by atoms with Crippen LogP contribution < -0.4 is 5.56 Å². The van der Waals surface area contributed by atoms with Crippen LogP contribution in [0.15, 0.2) is 23.1 Å². The van der Waals surface area contributed by atoms with Gasteiger partial charge in [-0.3, -0.25) is 9.59 Å². The molecule has 18 heavy (non-hydrogen) atoms. The fourth-order valence-corrected chi connectivity index (χ4v) is 2.80. The van der Waals surface area contributed by atoms with Gasteiger partial charge in [0.2, 0.25) is 0 Å². The average molecular weight is 248 g/mol. The van der Waals surface area contributed by atoms with E-state index in [9.17, 15) is 9.59 Å². The van der Waals surface area contributed by atoms with E-state index in [-0.39, 0.29) is 23.1 Å². The largest absolute Gasteiger partial charge is 0.338 e. The fourth-order valence-electron chi connectivity index (χ4n) is 2.80. The number of pyridine rings is 1. The number of nitrogens with one attached hydrogen (secondary N) is 1. The third-order valence-electron chi connectivity index (χ3n) is 3.93. The summed E-state index contributed by atoms with van der Waals surface area (Å²) >= 11 is 0. The lowest BCUT2D eigenvalue weighted by Crippen LogP contribution is -2.44. The summed E-state index contributed by atoms with van der Waals surface area (Å²) in [5.74, 6) is 0.339. The first-order valence-electron chi connectivity index (χ1n) is 6.56. The second-order valence-electron chi connectivity index (χ2n) is 5.16. The van der Waals surface area contributed by atoms with Crippen LogP contribution in [0.3, 0.4) is 0 Å². The predicted octanol–water partition coefficient (Wildman–Crippen LogP) is 2.03. The van der Waals surface area contributed by atoms with E-state index in [1.54, 1.807) is 30.3 Å². The lowest BCUT2D eigenvalue weighted by molar-refractivity contribution is 0.0627. The van der Waals surface area contributed by atoms with Gasteiger partial charge in [-0.2, -0.15) is 0 Å². The van der Waals surface area contributed by atoms with Crippen molar-refractivity contribution in [1.82, 2.24) is 9.88 Å². The molecule has 1 heterocycles. The maximum absolute atomic E-state index is 12.3. The van der Waals surface area contributed by atoms with Gasteiger partial charge >= 0.3 is 0 Å². The van der Waals surface area contributed by atoms with E-state index in [1.807, 2.05) is 0 Å². The Balaban J connectivity index is 2.18. The standard InChI is InChI=1S/C14H20N2O2/c1-10-6-3-4-8-12(10)16(2)14(18)11-7-5-9-15-13(11)17/h5,7,9-10,12H,3-4,6,8H2,1-2H3,(H,15,17). The molecule has 0 saturated heterocycles. The van der Waals surface area contributed by atoms with Gasteiger partial charge in [-0.1, -0.05) is 19.8 Å². The number of rotatable bonds is 2. The zero-order valence-corrected chi connectivity index (χ0v) is 11.0. The SMILES string of the molecule is CC1CCCCC1N(C)C(=O)c1ccc[nH]c1=O. The van der Waals surface area contributed by atoms with Crippen molar-refractivity contribution in [2.45, 2.75) is 38.6 Å². The first-order valence-corrected chi connectivity index (χ1v) is 6.56. The number of carbonyl (C=O) groups is 1. The van der Waals surface area contributed by atoms with Crippen LogP contribution in [-0.4, -0.2) is 28.9 Å². The van der Waals surface area contributed by atoms with Crippen LogP contribution >= 0.6 is 0 Å². The van der Waals surface area contributed by atoms with Crippen LogP contribution in [0.25, 0.3) is 0 Å². The third kappa shape index (κ3) is 2.47. The van der Waals surface area contributed by atoms with Gasteiger partial charge in [0, 0.05) is 19.3 Å². The Bertz CT molecular complexity index is 481. The van der Waals surface area contributed by atoms with Gasteiger partial charge in [-0.05, 0) is 30.9 Å². The van der Waals surface area contributed by atoms with Gasteiger partial charge < -0.3 is 9.88 Å². The Morgan fingerprint density at radius 1 is 1.39 bits per heavy atom. The van der Waals surface area contributed by atoms with E-state index in [2.05, 4.69) is 11.9 Å². The second kappa shape index (κ2) is 5.38. The highest BCUT2D eigenvalue weighted by Gasteiger charge is 2.29. The molecule has 1 aliphatic rings. The van der Waals surface area contributed by atoms with Gasteiger partial charge in [0.1, 0.15) is 5.56 Å². The number of H-pyrrole nitrogens is 1. The van der Waals surface area contributed by atoms with Gasteiger partial charge in [-0.15, -0.1) is 0 Å². The Morgan fingerprint density at radius 2 is 2.11 bits per heavy atom. The monoisotopic (exact) mass is 248 g/mol. The highest BCUT2D eigenvalue weighted by atomic mass is 16.2. The van der Waals surface area contributed by atoms with Crippen LogP contribution in [0, 0.1) is 5.92 Å². The molecule has 0 aliphatic heterocycles. The van der Waals surface area contributed by atoms with E-state index >= 15 is 0 Å². The van der Waals surface area contributed by atoms with Crippen molar-refractivity contribution >= 4 is 5.91 Å². The molecular formula is C14H20N2O2. The molecule has 0 radical (unpaired) electrons. The van der Waals surface area contributed by atoms with Crippen LogP contribution in [0.2, 0.25) is 0 Å². The summed E-state index contributed by atoms with van der Waals surface area (Å²) in [4.78, 5) is 28.2. The van der Waals surface area contributed by atoms with Crippen molar-refractivity contribution in [3.63, 3.8) is 0 Å². The lowest BCUT2D eigenvalue weighted by Gasteiger charge is -2.36. The molecule has 4 nitrogen and oxygen atoms in total. The minimum Gasteiger partial charge on any atom is -0.338 e. The van der Waals surface area contributed by atoms with Gasteiger partial charge in [0.15, 0.2) is 0 Å². The zero-order valence-electron chi connectivity index (χ0n) is 11.0. The van der Waals surface area contributed by atoms with Crippen molar-refractivity contribution in [1.29, 1.82) is 0 Å². The molecular weight excluding hydrogens is 228 g/mol. The smallest absolute Gasteiger partial charge is 0.260 e. The summed E-state index contributed by atoms with van der Waals surface area (Å²) in [5, 5.41) is 0. The molecule has 1 aliphatic carbocycles. The number of amides is 1. The van der Waals surface area contributed by atoms with Gasteiger partial charge in [0.05, 0.1) is 0 Å². The molecule has 4 heteroatoms. The van der Waals surface area contributed by atoms with Crippen molar-refractivity contribution < 1.29 is 4.79 Å². The zero-order chi connectivity index (χ0) is 13.1. The molecule has 2 unspecified atom stereocenters. The predicted molar refractivity (Wildman–Crippen MR) is 70.6 cm³/mol. The summed E-state index contributed by atoms with van der Waals surface area (Å²) in [5.41, 5.74) is -0.0735. The highest BCUT2D eigenvalue weighted by Crippen LogP contribution is 2.27. The normalized spacial score (nSPS) is 23.7. The Morgan fingerprint density at radius 3 is 2.78 bits per heavy atom. The molecule has 0 aromatic carbocycles. The lowest BCUT2D eigenvalue weighted by atomic mass is 9.85. The molecule has 1 fully saturated rings. The molecule has 1 aromatic heterocycles.